The Bertz CT molecular complexity index is 803. The van der Waals surface area contributed by atoms with E-state index < -0.39 is 0 Å². The number of fused-ring (bicyclic) bond motifs is 3. The van der Waals surface area contributed by atoms with Gasteiger partial charge in [-0.3, -0.25) is 0 Å². The van der Waals surface area contributed by atoms with Crippen molar-refractivity contribution in [3.05, 3.63) is 83.0 Å². The topological polar surface area (TPSA) is 0 Å². The summed E-state index contributed by atoms with van der Waals surface area (Å²) in [5.41, 5.74) is 8.67. The monoisotopic (exact) mass is 286 g/mol. The Morgan fingerprint density at radius 2 is 1.64 bits per heavy atom. The molecule has 2 aromatic carbocycles. The van der Waals surface area contributed by atoms with E-state index >= 15 is 0 Å². The second-order valence-electron chi connectivity index (χ2n) is 7.13. The zero-order chi connectivity index (χ0) is 15.3. The van der Waals surface area contributed by atoms with Crippen molar-refractivity contribution in [1.29, 1.82) is 0 Å². The summed E-state index contributed by atoms with van der Waals surface area (Å²) in [6.07, 6.45) is 10.0. The molecule has 0 heteroatoms. The van der Waals surface area contributed by atoms with Crippen molar-refractivity contribution < 1.29 is 0 Å². The third kappa shape index (κ3) is 1.90. The molecule has 22 heavy (non-hydrogen) atoms. The molecule has 0 fully saturated rings. The molecule has 0 bridgehead atoms. The highest BCUT2D eigenvalue weighted by Crippen LogP contribution is 2.49. The molecule has 2 aliphatic rings. The average molecular weight is 286 g/mol. The molecule has 0 aromatic heterocycles. The van der Waals surface area contributed by atoms with Gasteiger partial charge in [0.2, 0.25) is 0 Å². The standard InChI is InChI=1S/C22H22/c1-15-9-11-18-19-12-10-17(16-7-5-4-6-8-16)14-21(19)22(2,3)20(18)13-15/h4-7,9-14,16H,8H2,1-3H3. The largest absolute Gasteiger partial charge is 0.0836 e. The molecule has 1 atom stereocenters. The van der Waals surface area contributed by atoms with E-state index in [9.17, 15) is 0 Å². The van der Waals surface area contributed by atoms with Gasteiger partial charge in [0.15, 0.2) is 0 Å². The van der Waals surface area contributed by atoms with Crippen LogP contribution < -0.4 is 0 Å². The number of rotatable bonds is 1. The van der Waals surface area contributed by atoms with Crippen LogP contribution in [0.4, 0.5) is 0 Å². The summed E-state index contributed by atoms with van der Waals surface area (Å²) in [7, 11) is 0. The fourth-order valence-electron chi connectivity index (χ4n) is 3.93. The molecule has 0 saturated carbocycles. The quantitative estimate of drug-likeness (QED) is 0.612. The SMILES string of the molecule is Cc1ccc2c(c1)C(C)(C)c1cc(C3C=CC=CC3)ccc1-2. The Kier molecular flexibility index (Phi) is 2.91. The highest BCUT2D eigenvalue weighted by Gasteiger charge is 2.35. The van der Waals surface area contributed by atoms with Gasteiger partial charge >= 0.3 is 0 Å². The first-order chi connectivity index (χ1) is 10.6. The van der Waals surface area contributed by atoms with E-state index in [1.165, 1.54) is 33.4 Å². The molecule has 0 spiro atoms. The van der Waals surface area contributed by atoms with Crippen molar-refractivity contribution in [1.82, 2.24) is 0 Å². The zero-order valence-corrected chi connectivity index (χ0v) is 13.6. The molecule has 110 valence electrons. The van der Waals surface area contributed by atoms with E-state index in [-0.39, 0.29) is 5.41 Å². The number of hydrogen-bond donors (Lipinski definition) is 0. The summed E-state index contributed by atoms with van der Waals surface area (Å²) in [5, 5.41) is 0. The lowest BCUT2D eigenvalue weighted by atomic mass is 9.80. The first-order valence-electron chi connectivity index (χ1n) is 8.16. The van der Waals surface area contributed by atoms with Gasteiger partial charge < -0.3 is 0 Å². The van der Waals surface area contributed by atoms with Crippen LogP contribution in [0.2, 0.25) is 0 Å². The van der Waals surface area contributed by atoms with Crippen LogP contribution in [0.3, 0.4) is 0 Å². The second kappa shape index (κ2) is 4.71. The van der Waals surface area contributed by atoms with Crippen LogP contribution in [0.5, 0.6) is 0 Å². The molecular formula is C22H22. The minimum Gasteiger partial charge on any atom is -0.0836 e. The van der Waals surface area contributed by atoms with Crippen LogP contribution in [0.1, 0.15) is 48.4 Å². The lowest BCUT2D eigenvalue weighted by Gasteiger charge is -2.23. The maximum atomic E-state index is 2.44. The molecule has 0 saturated heterocycles. The Labute approximate surface area is 133 Å². The van der Waals surface area contributed by atoms with Gasteiger partial charge in [0.1, 0.15) is 0 Å². The summed E-state index contributed by atoms with van der Waals surface area (Å²) in [5.74, 6) is 0.525. The molecule has 2 aliphatic carbocycles. The van der Waals surface area contributed by atoms with Crippen LogP contribution >= 0.6 is 0 Å². The normalized spacial score (nSPS) is 20.8. The van der Waals surface area contributed by atoms with Gasteiger partial charge in [0.05, 0.1) is 0 Å². The van der Waals surface area contributed by atoms with E-state index in [2.05, 4.69) is 81.5 Å². The van der Waals surface area contributed by atoms with Gasteiger partial charge in [-0.1, -0.05) is 80.1 Å². The van der Waals surface area contributed by atoms with E-state index in [4.69, 9.17) is 0 Å². The Hall–Kier alpha value is -2.08. The Balaban J connectivity index is 1.86. The summed E-state index contributed by atoms with van der Waals surface area (Å²) in [6, 6.07) is 14.0. The highest BCUT2D eigenvalue weighted by molar-refractivity contribution is 5.81. The molecule has 0 amide bonds. The van der Waals surface area contributed by atoms with Crippen molar-refractivity contribution >= 4 is 0 Å². The summed E-state index contributed by atoms with van der Waals surface area (Å²) in [6.45, 7) is 6.90. The van der Waals surface area contributed by atoms with Crippen molar-refractivity contribution in [2.24, 2.45) is 0 Å². The third-order valence-electron chi connectivity index (χ3n) is 5.26. The number of aryl methyl sites for hydroxylation is 1. The Morgan fingerprint density at radius 1 is 0.909 bits per heavy atom. The fraction of sp³-hybridized carbons (Fsp3) is 0.273. The third-order valence-corrected chi connectivity index (χ3v) is 5.26. The van der Waals surface area contributed by atoms with Crippen molar-refractivity contribution in [2.45, 2.75) is 38.5 Å². The highest BCUT2D eigenvalue weighted by atomic mass is 14.4. The van der Waals surface area contributed by atoms with Gasteiger partial charge in [-0.05, 0) is 41.2 Å². The number of benzene rings is 2. The van der Waals surface area contributed by atoms with Crippen LogP contribution in [0.25, 0.3) is 11.1 Å². The lowest BCUT2D eigenvalue weighted by molar-refractivity contribution is 0.657. The van der Waals surface area contributed by atoms with Crippen LogP contribution in [-0.2, 0) is 5.41 Å². The molecule has 0 heterocycles. The molecule has 0 radical (unpaired) electrons. The molecule has 2 aromatic rings. The average Bonchev–Trinajstić information content (AvgIpc) is 2.76. The van der Waals surface area contributed by atoms with E-state index in [0.717, 1.165) is 6.42 Å². The van der Waals surface area contributed by atoms with E-state index in [1.807, 2.05) is 0 Å². The number of allylic oxidation sites excluding steroid dienone is 4. The predicted molar refractivity (Wildman–Crippen MR) is 94.4 cm³/mol. The maximum Gasteiger partial charge on any atom is 0.0159 e. The first kappa shape index (κ1) is 13.6. The minimum atomic E-state index is 0.0981. The van der Waals surface area contributed by atoms with Crippen LogP contribution in [0.15, 0.2) is 60.7 Å². The Morgan fingerprint density at radius 3 is 2.36 bits per heavy atom. The molecular weight excluding hydrogens is 264 g/mol. The van der Waals surface area contributed by atoms with Crippen molar-refractivity contribution in [2.75, 3.05) is 0 Å². The summed E-state index contributed by atoms with van der Waals surface area (Å²) < 4.78 is 0. The van der Waals surface area contributed by atoms with E-state index in [1.54, 1.807) is 0 Å². The van der Waals surface area contributed by atoms with Gasteiger partial charge in [-0.15, -0.1) is 0 Å². The smallest absolute Gasteiger partial charge is 0.0159 e. The van der Waals surface area contributed by atoms with Gasteiger partial charge in [0, 0.05) is 11.3 Å². The zero-order valence-electron chi connectivity index (χ0n) is 13.6. The summed E-state index contributed by atoms with van der Waals surface area (Å²) >= 11 is 0. The second-order valence-corrected chi connectivity index (χ2v) is 7.13. The lowest BCUT2D eigenvalue weighted by Crippen LogP contribution is -2.15. The van der Waals surface area contributed by atoms with Gasteiger partial charge in [0.25, 0.3) is 0 Å². The van der Waals surface area contributed by atoms with Crippen molar-refractivity contribution in [3.8, 4) is 11.1 Å². The maximum absolute atomic E-state index is 2.44. The number of hydrogen-bond acceptors (Lipinski definition) is 0. The minimum absolute atomic E-state index is 0.0981. The molecule has 1 unspecified atom stereocenters. The molecule has 4 rings (SSSR count). The first-order valence-corrected chi connectivity index (χ1v) is 8.16. The van der Waals surface area contributed by atoms with E-state index in [0.29, 0.717) is 5.92 Å². The van der Waals surface area contributed by atoms with Gasteiger partial charge in [-0.25, -0.2) is 0 Å². The molecule has 0 N–H and O–H groups in total. The van der Waals surface area contributed by atoms with Crippen LogP contribution in [-0.4, -0.2) is 0 Å². The van der Waals surface area contributed by atoms with Gasteiger partial charge in [-0.2, -0.15) is 0 Å². The van der Waals surface area contributed by atoms with Crippen LogP contribution in [0, 0.1) is 6.92 Å². The summed E-state index contributed by atoms with van der Waals surface area (Å²) in [4.78, 5) is 0. The van der Waals surface area contributed by atoms with Crippen molar-refractivity contribution in [3.63, 3.8) is 0 Å². The fourth-order valence-corrected chi connectivity index (χ4v) is 3.93. The molecule has 0 aliphatic heterocycles. The predicted octanol–water partition coefficient (Wildman–Crippen LogP) is 5.90. The molecule has 0 nitrogen and oxygen atoms in total.